The molecule has 1 atom stereocenters. The van der Waals surface area contributed by atoms with E-state index in [1.54, 1.807) is 11.3 Å². The number of thiophene rings is 1. The van der Waals surface area contributed by atoms with E-state index in [1.165, 1.54) is 10.4 Å². The lowest BCUT2D eigenvalue weighted by molar-refractivity contribution is -0.129. The van der Waals surface area contributed by atoms with Gasteiger partial charge < -0.3 is 10.6 Å². The smallest absolute Gasteiger partial charge is 0.242 e. The molecule has 21 heavy (non-hydrogen) atoms. The van der Waals surface area contributed by atoms with Crippen LogP contribution in [0.5, 0.6) is 0 Å². The van der Waals surface area contributed by atoms with Gasteiger partial charge in [0, 0.05) is 18.0 Å². The van der Waals surface area contributed by atoms with E-state index in [-0.39, 0.29) is 17.9 Å². The van der Waals surface area contributed by atoms with Crippen molar-refractivity contribution in [2.24, 2.45) is 0 Å². The maximum Gasteiger partial charge on any atom is 0.242 e. The summed E-state index contributed by atoms with van der Waals surface area (Å²) in [6, 6.07) is 1.71. The monoisotopic (exact) mass is 309 g/mol. The summed E-state index contributed by atoms with van der Waals surface area (Å²) < 4.78 is 0. The Morgan fingerprint density at radius 2 is 2.33 bits per heavy atom. The number of nitrogens with zero attached hydrogens (tertiary/aromatic N) is 1. The molecule has 0 aliphatic carbocycles. The predicted octanol–water partition coefficient (Wildman–Crippen LogP) is 1.27. The van der Waals surface area contributed by atoms with Crippen LogP contribution < -0.4 is 10.6 Å². The first kappa shape index (κ1) is 16.0. The molecule has 2 amide bonds. The molecule has 5 nitrogen and oxygen atoms in total. The summed E-state index contributed by atoms with van der Waals surface area (Å²) in [5.74, 6) is -0.147. The minimum atomic E-state index is -0.378. The average Bonchev–Trinajstić information content (AvgIpc) is 2.70. The Bertz CT molecular complexity index is 501. The number of carbonyl (C=O) groups excluding carboxylic acids is 2. The number of carbonyl (C=O) groups is 2. The van der Waals surface area contributed by atoms with Crippen molar-refractivity contribution in [3.8, 4) is 0 Å². The van der Waals surface area contributed by atoms with Crippen LogP contribution in [-0.2, 0) is 16.1 Å². The molecule has 2 rings (SSSR count). The van der Waals surface area contributed by atoms with E-state index in [0.717, 1.165) is 25.8 Å². The second kappa shape index (κ2) is 7.56. The lowest BCUT2D eigenvalue weighted by Crippen LogP contribution is -2.48. The number of aryl methyl sites for hydroxylation is 1. The van der Waals surface area contributed by atoms with Gasteiger partial charge in [0.1, 0.15) is 6.04 Å². The molecule has 0 aromatic carbocycles. The van der Waals surface area contributed by atoms with Gasteiger partial charge in [-0.3, -0.25) is 14.5 Å². The van der Waals surface area contributed by atoms with Crippen molar-refractivity contribution in [2.75, 3.05) is 20.1 Å². The highest BCUT2D eigenvalue weighted by Gasteiger charge is 2.22. The largest absolute Gasteiger partial charge is 0.354 e. The van der Waals surface area contributed by atoms with E-state index in [0.29, 0.717) is 13.1 Å². The third-order valence-electron chi connectivity index (χ3n) is 3.67. The first-order chi connectivity index (χ1) is 10.1. The quantitative estimate of drug-likeness (QED) is 0.861. The fraction of sp³-hybridized carbons (Fsp3) is 0.600. The zero-order valence-corrected chi connectivity index (χ0v) is 13.5. The van der Waals surface area contributed by atoms with Crippen molar-refractivity contribution in [1.29, 1.82) is 0 Å². The molecule has 1 aromatic heterocycles. The third-order valence-corrected chi connectivity index (χ3v) is 4.67. The average molecular weight is 309 g/mol. The normalized spacial score (nSPS) is 19.2. The maximum absolute atomic E-state index is 12.1. The van der Waals surface area contributed by atoms with E-state index >= 15 is 0 Å². The Kier molecular flexibility index (Phi) is 5.76. The van der Waals surface area contributed by atoms with Crippen LogP contribution in [0.15, 0.2) is 11.4 Å². The molecule has 0 unspecified atom stereocenters. The second-order valence-electron chi connectivity index (χ2n) is 5.61. The zero-order chi connectivity index (χ0) is 15.2. The van der Waals surface area contributed by atoms with Gasteiger partial charge in [-0.2, -0.15) is 0 Å². The van der Waals surface area contributed by atoms with Crippen molar-refractivity contribution in [1.82, 2.24) is 15.5 Å². The number of hydrogen-bond donors (Lipinski definition) is 2. The maximum atomic E-state index is 12.1. The molecule has 0 bridgehead atoms. The highest BCUT2D eigenvalue weighted by atomic mass is 32.1. The Morgan fingerprint density at radius 3 is 3.05 bits per heavy atom. The molecule has 1 aromatic rings. The van der Waals surface area contributed by atoms with Gasteiger partial charge >= 0.3 is 0 Å². The van der Waals surface area contributed by atoms with E-state index < -0.39 is 0 Å². The first-order valence-electron chi connectivity index (χ1n) is 7.35. The molecule has 1 aliphatic rings. The van der Waals surface area contributed by atoms with Crippen LogP contribution in [0.4, 0.5) is 0 Å². The van der Waals surface area contributed by atoms with Gasteiger partial charge in [0.05, 0.1) is 6.54 Å². The van der Waals surface area contributed by atoms with Crippen LogP contribution in [0.3, 0.4) is 0 Å². The van der Waals surface area contributed by atoms with Gasteiger partial charge in [0.2, 0.25) is 11.8 Å². The summed E-state index contributed by atoms with van der Waals surface area (Å²) in [5.41, 5.74) is 1.26. The van der Waals surface area contributed by atoms with Crippen molar-refractivity contribution in [3.63, 3.8) is 0 Å². The van der Waals surface area contributed by atoms with Crippen molar-refractivity contribution >= 4 is 23.2 Å². The lowest BCUT2D eigenvalue weighted by Gasteiger charge is -2.19. The fourth-order valence-electron chi connectivity index (χ4n) is 2.43. The van der Waals surface area contributed by atoms with Crippen LogP contribution in [0.2, 0.25) is 0 Å². The molecular weight excluding hydrogens is 286 g/mol. The fourth-order valence-corrected chi connectivity index (χ4v) is 3.41. The molecule has 0 spiro atoms. The minimum Gasteiger partial charge on any atom is -0.354 e. The van der Waals surface area contributed by atoms with Gasteiger partial charge in [-0.1, -0.05) is 0 Å². The molecule has 6 heteroatoms. The second-order valence-corrected chi connectivity index (χ2v) is 6.61. The van der Waals surface area contributed by atoms with E-state index in [2.05, 4.69) is 29.0 Å². The summed E-state index contributed by atoms with van der Waals surface area (Å²) in [7, 11) is 1.92. The molecule has 1 fully saturated rings. The highest BCUT2D eigenvalue weighted by Crippen LogP contribution is 2.17. The van der Waals surface area contributed by atoms with Gasteiger partial charge in [0.25, 0.3) is 0 Å². The summed E-state index contributed by atoms with van der Waals surface area (Å²) in [5, 5.41) is 7.74. The van der Waals surface area contributed by atoms with Gasteiger partial charge in [-0.05, 0) is 50.2 Å². The molecule has 2 N–H and O–H groups in total. The van der Waals surface area contributed by atoms with Gasteiger partial charge in [0.15, 0.2) is 0 Å². The summed E-state index contributed by atoms with van der Waals surface area (Å²) in [4.78, 5) is 27.1. The zero-order valence-electron chi connectivity index (χ0n) is 12.6. The predicted molar refractivity (Wildman–Crippen MR) is 84.2 cm³/mol. The molecule has 2 heterocycles. The topological polar surface area (TPSA) is 61.4 Å². The van der Waals surface area contributed by atoms with Crippen LogP contribution in [0.25, 0.3) is 0 Å². The molecular formula is C15H23N3O2S. The molecule has 0 saturated carbocycles. The van der Waals surface area contributed by atoms with Gasteiger partial charge in [-0.25, -0.2) is 0 Å². The Hall–Kier alpha value is -1.40. The first-order valence-corrected chi connectivity index (χ1v) is 8.23. The number of rotatable bonds is 5. The highest BCUT2D eigenvalue weighted by molar-refractivity contribution is 7.10. The number of likely N-dealkylation sites (N-methyl/N-ethyl adjacent to an activating group) is 1. The van der Waals surface area contributed by atoms with Crippen LogP contribution in [0.1, 0.15) is 29.7 Å². The van der Waals surface area contributed by atoms with Crippen molar-refractivity contribution in [2.45, 2.75) is 38.8 Å². The number of nitrogens with one attached hydrogen (secondary N) is 2. The van der Waals surface area contributed by atoms with E-state index in [1.807, 2.05) is 11.9 Å². The summed E-state index contributed by atoms with van der Waals surface area (Å²) in [6.45, 7) is 3.85. The summed E-state index contributed by atoms with van der Waals surface area (Å²) >= 11 is 1.71. The van der Waals surface area contributed by atoms with Crippen molar-refractivity contribution in [3.05, 3.63) is 21.9 Å². The molecule has 0 radical (unpaired) electrons. The number of hydrogen-bond acceptors (Lipinski definition) is 4. The Labute approximate surface area is 129 Å². The SMILES string of the molecule is Cc1ccsc1CN(C)CC(=O)N[C@@H]1CCCCNC1=O. The van der Waals surface area contributed by atoms with E-state index in [4.69, 9.17) is 0 Å². The number of amides is 2. The van der Waals surface area contributed by atoms with Crippen molar-refractivity contribution < 1.29 is 9.59 Å². The van der Waals surface area contributed by atoms with Crippen LogP contribution >= 0.6 is 11.3 Å². The standard InChI is InChI=1S/C15H23N3O2S/c1-11-6-8-21-13(11)9-18(2)10-14(19)17-12-5-3-4-7-16-15(12)20/h6,8,12H,3-5,7,9-10H2,1-2H3,(H,16,20)(H,17,19)/t12-/m1/s1. The molecule has 1 aliphatic heterocycles. The van der Waals surface area contributed by atoms with Crippen LogP contribution in [-0.4, -0.2) is 42.9 Å². The Morgan fingerprint density at radius 1 is 1.52 bits per heavy atom. The van der Waals surface area contributed by atoms with Crippen LogP contribution in [0, 0.1) is 6.92 Å². The lowest BCUT2D eigenvalue weighted by atomic mass is 10.1. The third kappa shape index (κ3) is 4.82. The summed E-state index contributed by atoms with van der Waals surface area (Å²) in [6.07, 6.45) is 2.68. The minimum absolute atomic E-state index is 0.0578. The van der Waals surface area contributed by atoms with E-state index in [9.17, 15) is 9.59 Å². The molecule has 1 saturated heterocycles. The molecule has 116 valence electrons. The van der Waals surface area contributed by atoms with Gasteiger partial charge in [-0.15, -0.1) is 11.3 Å². The Balaban J connectivity index is 1.80.